The molecule has 2 aromatic rings. The van der Waals surface area contributed by atoms with Gasteiger partial charge in [-0.1, -0.05) is 36.4 Å². The van der Waals surface area contributed by atoms with Crippen LogP contribution in [0.2, 0.25) is 0 Å². The molecule has 0 aliphatic carbocycles. The summed E-state index contributed by atoms with van der Waals surface area (Å²) in [5, 5.41) is 9.23. The van der Waals surface area contributed by atoms with E-state index in [0.717, 1.165) is 5.56 Å². The van der Waals surface area contributed by atoms with Crippen LogP contribution in [-0.2, 0) is 21.3 Å². The van der Waals surface area contributed by atoms with E-state index in [0.29, 0.717) is 18.7 Å². The number of carbonyl (C=O) groups is 1. The monoisotopic (exact) mass is 399 g/mol. The molecule has 1 aliphatic heterocycles. The lowest BCUT2D eigenvalue weighted by Gasteiger charge is -2.31. The fourth-order valence-electron chi connectivity index (χ4n) is 2.99. The molecule has 28 heavy (non-hydrogen) atoms. The molecule has 1 saturated heterocycles. The second kappa shape index (κ2) is 8.52. The van der Waals surface area contributed by atoms with Crippen molar-refractivity contribution in [3.63, 3.8) is 0 Å². The molecular formula is C20H21N3O4S. The Morgan fingerprint density at radius 1 is 1.29 bits per heavy atom. The van der Waals surface area contributed by atoms with Gasteiger partial charge in [-0.3, -0.25) is 4.79 Å². The van der Waals surface area contributed by atoms with Gasteiger partial charge in [0.05, 0.1) is 24.2 Å². The molecule has 1 fully saturated rings. The molecule has 1 heterocycles. The maximum absolute atomic E-state index is 12.8. The Morgan fingerprint density at radius 2 is 2.04 bits per heavy atom. The van der Waals surface area contributed by atoms with E-state index in [9.17, 15) is 18.5 Å². The summed E-state index contributed by atoms with van der Waals surface area (Å²) >= 11 is 0. The van der Waals surface area contributed by atoms with Crippen LogP contribution in [0.4, 0.5) is 0 Å². The number of hydrogen-bond donors (Lipinski definition) is 1. The molecule has 146 valence electrons. The second-order valence-corrected chi connectivity index (χ2v) is 8.24. The first-order chi connectivity index (χ1) is 13.4. The van der Waals surface area contributed by atoms with Crippen LogP contribution in [0.25, 0.3) is 0 Å². The first-order valence-electron chi connectivity index (χ1n) is 8.85. The van der Waals surface area contributed by atoms with Gasteiger partial charge in [-0.05, 0) is 30.2 Å². The third-order valence-electron chi connectivity index (χ3n) is 4.57. The lowest BCUT2D eigenvalue weighted by molar-refractivity contribution is 0.0132. The van der Waals surface area contributed by atoms with Crippen molar-refractivity contribution >= 4 is 15.9 Å². The van der Waals surface area contributed by atoms with Crippen molar-refractivity contribution in [3.05, 3.63) is 65.2 Å². The Hall–Kier alpha value is -2.73. The van der Waals surface area contributed by atoms with E-state index in [1.165, 1.54) is 11.0 Å². The maximum atomic E-state index is 12.8. The zero-order chi connectivity index (χ0) is 20.1. The number of sulfonamides is 1. The molecular weight excluding hydrogens is 378 g/mol. The third kappa shape index (κ3) is 4.39. The molecule has 1 amide bonds. The number of aryl methyl sites for hydroxylation is 1. The van der Waals surface area contributed by atoms with Crippen molar-refractivity contribution in [1.82, 2.24) is 9.62 Å². The van der Waals surface area contributed by atoms with Gasteiger partial charge in [-0.2, -0.15) is 5.26 Å². The minimum Gasteiger partial charge on any atom is -0.376 e. The van der Waals surface area contributed by atoms with Gasteiger partial charge in [0.2, 0.25) is 10.0 Å². The number of benzene rings is 2. The zero-order valence-electron chi connectivity index (χ0n) is 15.5. The normalized spacial score (nSPS) is 17.1. The predicted molar refractivity (Wildman–Crippen MR) is 103 cm³/mol. The van der Waals surface area contributed by atoms with E-state index in [2.05, 4.69) is 4.72 Å². The highest BCUT2D eigenvalue weighted by Crippen LogP contribution is 2.20. The number of nitrogens with zero attached hydrogens (tertiary/aromatic N) is 2. The standard InChI is InChI=1S/C20H21N3O4S/c1-15-7-8-17(20(24)23-9-10-27-14-18(23)12-21)11-19(15)28(25,26)22-13-16-5-3-2-4-6-16/h2-8,11,18,22H,9-10,13-14H2,1H3. The Morgan fingerprint density at radius 3 is 2.75 bits per heavy atom. The van der Waals surface area contributed by atoms with Crippen LogP contribution in [0.3, 0.4) is 0 Å². The number of carbonyl (C=O) groups excluding carboxylic acids is 1. The van der Waals surface area contributed by atoms with Crippen LogP contribution in [-0.4, -0.2) is 45.0 Å². The first kappa shape index (κ1) is 20.0. The largest absolute Gasteiger partial charge is 0.376 e. The van der Waals surface area contributed by atoms with Gasteiger partial charge in [-0.15, -0.1) is 0 Å². The van der Waals surface area contributed by atoms with E-state index in [1.807, 2.05) is 36.4 Å². The van der Waals surface area contributed by atoms with Crippen LogP contribution < -0.4 is 4.72 Å². The first-order valence-corrected chi connectivity index (χ1v) is 10.3. The van der Waals surface area contributed by atoms with E-state index in [4.69, 9.17) is 4.74 Å². The van der Waals surface area contributed by atoms with E-state index in [1.54, 1.807) is 19.1 Å². The molecule has 1 N–H and O–H groups in total. The minimum absolute atomic E-state index is 0.0519. The summed E-state index contributed by atoms with van der Waals surface area (Å²) in [5.41, 5.74) is 1.60. The van der Waals surface area contributed by atoms with E-state index < -0.39 is 16.1 Å². The summed E-state index contributed by atoms with van der Waals surface area (Å²) in [6.45, 7) is 2.62. The Kier molecular flexibility index (Phi) is 6.09. The number of amides is 1. The van der Waals surface area contributed by atoms with Crippen LogP contribution in [0.5, 0.6) is 0 Å². The molecule has 0 saturated carbocycles. The van der Waals surface area contributed by atoms with Gasteiger partial charge < -0.3 is 9.64 Å². The fraction of sp³-hybridized carbons (Fsp3) is 0.300. The van der Waals surface area contributed by atoms with Crippen LogP contribution >= 0.6 is 0 Å². The number of nitriles is 1. The lowest BCUT2D eigenvalue weighted by atomic mass is 10.1. The molecule has 0 spiro atoms. The smallest absolute Gasteiger partial charge is 0.255 e. The van der Waals surface area contributed by atoms with Crippen molar-refractivity contribution in [2.75, 3.05) is 19.8 Å². The van der Waals surface area contributed by atoms with Gasteiger partial charge in [-0.25, -0.2) is 13.1 Å². The van der Waals surface area contributed by atoms with Crippen molar-refractivity contribution in [2.24, 2.45) is 0 Å². The molecule has 0 aromatic heterocycles. The molecule has 3 rings (SSSR count). The zero-order valence-corrected chi connectivity index (χ0v) is 16.3. The van der Waals surface area contributed by atoms with Crippen molar-refractivity contribution in [1.29, 1.82) is 5.26 Å². The van der Waals surface area contributed by atoms with Crippen LogP contribution in [0.15, 0.2) is 53.4 Å². The topological polar surface area (TPSA) is 99.5 Å². The number of ether oxygens (including phenoxy) is 1. The predicted octanol–water partition coefficient (Wildman–Crippen LogP) is 1.84. The molecule has 1 atom stereocenters. The highest BCUT2D eigenvalue weighted by atomic mass is 32.2. The minimum atomic E-state index is -3.81. The van der Waals surface area contributed by atoms with Crippen molar-refractivity contribution < 1.29 is 17.9 Å². The summed E-state index contributed by atoms with van der Waals surface area (Å²) < 4.78 is 33.4. The molecule has 1 aliphatic rings. The van der Waals surface area contributed by atoms with Gasteiger partial charge in [0.15, 0.2) is 0 Å². The molecule has 1 unspecified atom stereocenters. The highest BCUT2D eigenvalue weighted by Gasteiger charge is 2.29. The number of rotatable bonds is 5. The summed E-state index contributed by atoms with van der Waals surface area (Å²) in [7, 11) is -3.81. The fourth-order valence-corrected chi connectivity index (χ4v) is 4.28. The molecule has 7 nitrogen and oxygen atoms in total. The van der Waals surface area contributed by atoms with Crippen LogP contribution in [0.1, 0.15) is 21.5 Å². The summed E-state index contributed by atoms with van der Waals surface area (Å²) in [4.78, 5) is 14.3. The maximum Gasteiger partial charge on any atom is 0.255 e. The highest BCUT2D eigenvalue weighted by molar-refractivity contribution is 7.89. The van der Waals surface area contributed by atoms with Crippen molar-refractivity contribution in [2.45, 2.75) is 24.4 Å². The van der Waals surface area contributed by atoms with Gasteiger partial charge >= 0.3 is 0 Å². The second-order valence-electron chi connectivity index (χ2n) is 6.51. The van der Waals surface area contributed by atoms with Crippen LogP contribution in [0, 0.1) is 18.3 Å². The number of morpholine rings is 1. The molecule has 0 radical (unpaired) electrons. The van der Waals surface area contributed by atoms with E-state index >= 15 is 0 Å². The van der Waals surface area contributed by atoms with Gasteiger partial charge in [0.1, 0.15) is 6.04 Å². The van der Waals surface area contributed by atoms with Gasteiger partial charge in [0, 0.05) is 18.7 Å². The molecule has 2 aromatic carbocycles. The Bertz CT molecular complexity index is 1000. The summed E-state index contributed by atoms with van der Waals surface area (Å²) in [6, 6.07) is 15.1. The SMILES string of the molecule is Cc1ccc(C(=O)N2CCOCC2C#N)cc1S(=O)(=O)NCc1ccccc1. The van der Waals surface area contributed by atoms with Gasteiger partial charge in [0.25, 0.3) is 5.91 Å². The third-order valence-corrected chi connectivity index (χ3v) is 6.12. The average molecular weight is 399 g/mol. The lowest BCUT2D eigenvalue weighted by Crippen LogP contribution is -2.48. The molecule has 0 bridgehead atoms. The van der Waals surface area contributed by atoms with E-state index in [-0.39, 0.29) is 29.5 Å². The number of nitrogens with one attached hydrogen (secondary N) is 1. The Labute approximate surface area is 164 Å². The molecule has 8 heteroatoms. The number of hydrogen-bond acceptors (Lipinski definition) is 5. The quantitative estimate of drug-likeness (QED) is 0.827. The summed E-state index contributed by atoms with van der Waals surface area (Å²) in [5.74, 6) is -0.380. The summed E-state index contributed by atoms with van der Waals surface area (Å²) in [6.07, 6.45) is 0. The average Bonchev–Trinajstić information content (AvgIpc) is 2.72. The van der Waals surface area contributed by atoms with Crippen molar-refractivity contribution in [3.8, 4) is 6.07 Å². The Balaban J connectivity index is 1.84.